The van der Waals surface area contributed by atoms with Gasteiger partial charge in [0.15, 0.2) is 0 Å². The normalized spacial score (nSPS) is 10.8. The third-order valence-electron chi connectivity index (χ3n) is 3.17. The number of nitrogens with two attached hydrogens (primary N) is 1. The van der Waals surface area contributed by atoms with E-state index in [1.807, 2.05) is 53.1 Å². The molecule has 1 aromatic carbocycles. The minimum atomic E-state index is 0.485. The number of rotatable bonds is 3. The van der Waals surface area contributed by atoms with Crippen molar-refractivity contribution in [2.75, 3.05) is 7.11 Å². The Morgan fingerprint density at radius 2 is 2.00 bits per heavy atom. The van der Waals surface area contributed by atoms with Gasteiger partial charge in [-0.05, 0) is 24.3 Å². The Hall–Kier alpha value is -2.33. The summed E-state index contributed by atoms with van der Waals surface area (Å²) in [5.74, 6) is 0.820. The largest absolute Gasteiger partial charge is 0.496 e. The van der Waals surface area contributed by atoms with Crippen LogP contribution in [0.25, 0.3) is 16.9 Å². The predicted molar refractivity (Wildman–Crippen MR) is 75.1 cm³/mol. The zero-order valence-electron chi connectivity index (χ0n) is 10.7. The summed E-state index contributed by atoms with van der Waals surface area (Å²) in [6.07, 6.45) is 2.00. The fraction of sp³-hybridized carbons (Fsp3) is 0.133. The highest BCUT2D eigenvalue weighted by atomic mass is 16.5. The van der Waals surface area contributed by atoms with Crippen LogP contribution in [0.4, 0.5) is 0 Å². The number of para-hydroxylation sites is 1. The molecule has 2 N–H and O–H groups in total. The Morgan fingerprint density at radius 3 is 2.79 bits per heavy atom. The number of ether oxygens (including phenoxy) is 1. The molecule has 0 atom stereocenters. The average molecular weight is 253 g/mol. The molecule has 0 aliphatic rings. The number of fused-ring (bicyclic) bond motifs is 1. The first-order valence-corrected chi connectivity index (χ1v) is 6.14. The van der Waals surface area contributed by atoms with Crippen LogP contribution in [0.15, 0.2) is 48.7 Å². The predicted octanol–water partition coefficient (Wildman–Crippen LogP) is 2.47. The fourth-order valence-corrected chi connectivity index (χ4v) is 2.22. The molecule has 19 heavy (non-hydrogen) atoms. The lowest BCUT2D eigenvalue weighted by atomic mass is 10.1. The second kappa shape index (κ2) is 4.74. The molecule has 4 heteroatoms. The average Bonchev–Trinajstić information content (AvgIpc) is 2.90. The monoisotopic (exact) mass is 253 g/mol. The molecule has 0 amide bonds. The summed E-state index contributed by atoms with van der Waals surface area (Å²) in [6, 6.07) is 13.8. The third kappa shape index (κ3) is 1.96. The fourth-order valence-electron chi connectivity index (χ4n) is 2.22. The lowest BCUT2D eigenvalue weighted by molar-refractivity contribution is 0.416. The van der Waals surface area contributed by atoms with Gasteiger partial charge in [-0.25, -0.2) is 4.98 Å². The van der Waals surface area contributed by atoms with E-state index in [2.05, 4.69) is 4.98 Å². The first-order valence-electron chi connectivity index (χ1n) is 6.14. The van der Waals surface area contributed by atoms with Crippen LogP contribution in [0.2, 0.25) is 0 Å². The first-order chi connectivity index (χ1) is 9.33. The van der Waals surface area contributed by atoms with Gasteiger partial charge in [-0.15, -0.1) is 0 Å². The number of benzene rings is 1. The smallest absolute Gasteiger partial charge is 0.137 e. The quantitative estimate of drug-likeness (QED) is 0.780. The maximum atomic E-state index is 5.75. The van der Waals surface area contributed by atoms with Gasteiger partial charge in [-0.1, -0.05) is 18.2 Å². The number of hydrogen-bond donors (Lipinski definition) is 1. The highest BCUT2D eigenvalue weighted by Gasteiger charge is 2.10. The molecule has 4 nitrogen and oxygen atoms in total. The van der Waals surface area contributed by atoms with Crippen LogP contribution in [0, 0.1) is 0 Å². The van der Waals surface area contributed by atoms with Crippen LogP contribution in [0.5, 0.6) is 5.75 Å². The lowest BCUT2D eigenvalue weighted by Crippen LogP contribution is -2.02. The Kier molecular flexibility index (Phi) is 2.93. The van der Waals surface area contributed by atoms with Crippen molar-refractivity contribution in [2.45, 2.75) is 6.54 Å². The van der Waals surface area contributed by atoms with Gasteiger partial charge in [-0.3, -0.25) is 0 Å². The molecule has 0 aliphatic carbocycles. The van der Waals surface area contributed by atoms with E-state index in [-0.39, 0.29) is 0 Å². The summed E-state index contributed by atoms with van der Waals surface area (Å²) < 4.78 is 7.39. The van der Waals surface area contributed by atoms with Gasteiger partial charge in [-0.2, -0.15) is 0 Å². The van der Waals surface area contributed by atoms with Crippen LogP contribution in [-0.2, 0) is 6.54 Å². The number of nitrogens with zero attached hydrogens (tertiary/aromatic N) is 2. The molecule has 96 valence electrons. The summed E-state index contributed by atoms with van der Waals surface area (Å²) >= 11 is 0. The van der Waals surface area contributed by atoms with Crippen molar-refractivity contribution >= 4 is 5.65 Å². The van der Waals surface area contributed by atoms with Crippen LogP contribution in [0.3, 0.4) is 0 Å². The lowest BCUT2D eigenvalue weighted by Gasteiger charge is -2.04. The second-order valence-corrected chi connectivity index (χ2v) is 4.28. The molecule has 0 radical (unpaired) electrons. The zero-order chi connectivity index (χ0) is 13.2. The van der Waals surface area contributed by atoms with Gasteiger partial charge < -0.3 is 14.9 Å². The maximum Gasteiger partial charge on any atom is 0.137 e. The highest BCUT2D eigenvalue weighted by molar-refractivity contribution is 5.69. The van der Waals surface area contributed by atoms with Crippen molar-refractivity contribution in [1.29, 1.82) is 0 Å². The Morgan fingerprint density at radius 1 is 1.16 bits per heavy atom. The molecule has 0 bridgehead atoms. The Balaban J connectivity index is 2.21. The van der Waals surface area contributed by atoms with Crippen molar-refractivity contribution in [3.05, 3.63) is 54.4 Å². The summed E-state index contributed by atoms with van der Waals surface area (Å²) in [5, 5.41) is 0. The van der Waals surface area contributed by atoms with Gasteiger partial charge in [0.2, 0.25) is 0 Å². The van der Waals surface area contributed by atoms with Crippen molar-refractivity contribution in [1.82, 2.24) is 9.38 Å². The van der Waals surface area contributed by atoms with E-state index in [9.17, 15) is 0 Å². The van der Waals surface area contributed by atoms with Crippen molar-refractivity contribution < 1.29 is 4.74 Å². The van der Waals surface area contributed by atoms with Gasteiger partial charge in [0.05, 0.1) is 12.8 Å². The number of aromatic nitrogens is 2. The maximum absolute atomic E-state index is 5.75. The third-order valence-corrected chi connectivity index (χ3v) is 3.17. The van der Waals surface area contributed by atoms with Crippen LogP contribution in [-0.4, -0.2) is 16.5 Å². The van der Waals surface area contributed by atoms with E-state index in [1.54, 1.807) is 7.11 Å². The number of pyridine rings is 1. The van der Waals surface area contributed by atoms with Gasteiger partial charge in [0.1, 0.15) is 11.4 Å². The van der Waals surface area contributed by atoms with E-state index in [0.29, 0.717) is 6.54 Å². The molecule has 3 aromatic rings. The molecule has 3 rings (SSSR count). The summed E-state index contributed by atoms with van der Waals surface area (Å²) in [7, 11) is 1.67. The Labute approximate surface area is 111 Å². The first kappa shape index (κ1) is 11.7. The summed E-state index contributed by atoms with van der Waals surface area (Å²) in [5.41, 5.74) is 9.54. The Bertz CT molecular complexity index is 718. The molecule has 0 saturated carbocycles. The minimum Gasteiger partial charge on any atom is -0.496 e. The van der Waals surface area contributed by atoms with Crippen molar-refractivity contribution in [3.8, 4) is 17.0 Å². The number of hydrogen-bond acceptors (Lipinski definition) is 3. The van der Waals surface area contributed by atoms with E-state index < -0.39 is 0 Å². The second-order valence-electron chi connectivity index (χ2n) is 4.28. The number of imidazole rings is 1. The molecule has 0 spiro atoms. The minimum absolute atomic E-state index is 0.485. The summed E-state index contributed by atoms with van der Waals surface area (Å²) in [6.45, 7) is 0.485. The molecular weight excluding hydrogens is 238 g/mol. The van der Waals surface area contributed by atoms with Crippen LogP contribution in [0.1, 0.15) is 5.69 Å². The van der Waals surface area contributed by atoms with Crippen molar-refractivity contribution in [3.63, 3.8) is 0 Å². The molecule has 0 aliphatic heterocycles. The molecule has 2 heterocycles. The number of methoxy groups -OCH3 is 1. The summed E-state index contributed by atoms with van der Waals surface area (Å²) in [4.78, 5) is 4.63. The topological polar surface area (TPSA) is 52.5 Å². The highest BCUT2D eigenvalue weighted by Crippen LogP contribution is 2.29. The van der Waals surface area contributed by atoms with Gasteiger partial charge >= 0.3 is 0 Å². The van der Waals surface area contributed by atoms with E-state index in [0.717, 1.165) is 28.3 Å². The van der Waals surface area contributed by atoms with E-state index in [4.69, 9.17) is 10.5 Å². The molecule has 2 aromatic heterocycles. The van der Waals surface area contributed by atoms with E-state index >= 15 is 0 Å². The SMILES string of the molecule is COc1ccccc1-c1cn2c(CN)cccc2n1. The van der Waals surface area contributed by atoms with Gasteiger partial charge in [0.25, 0.3) is 0 Å². The molecule has 0 fully saturated rings. The molecular formula is C15H15N3O. The zero-order valence-corrected chi connectivity index (χ0v) is 10.7. The van der Waals surface area contributed by atoms with Gasteiger partial charge in [0, 0.05) is 24.0 Å². The van der Waals surface area contributed by atoms with E-state index in [1.165, 1.54) is 0 Å². The molecule has 0 unspecified atom stereocenters. The van der Waals surface area contributed by atoms with Crippen molar-refractivity contribution in [2.24, 2.45) is 5.73 Å². The molecule has 0 saturated heterocycles. The van der Waals surface area contributed by atoms with Crippen LogP contribution >= 0.6 is 0 Å². The standard InChI is InChI=1S/C15H15N3O/c1-19-14-7-3-2-6-12(14)13-10-18-11(9-16)5-4-8-15(18)17-13/h2-8,10H,9,16H2,1H3. The van der Waals surface area contributed by atoms with Crippen LogP contribution < -0.4 is 10.5 Å².